The van der Waals surface area contributed by atoms with Gasteiger partial charge in [0, 0.05) is 18.0 Å². The number of rotatable bonds is 6. The van der Waals surface area contributed by atoms with E-state index >= 15 is 0 Å². The molecule has 0 bridgehead atoms. The zero-order chi connectivity index (χ0) is 14.4. The monoisotopic (exact) mass is 295 g/mol. The van der Waals surface area contributed by atoms with Crippen molar-refractivity contribution in [2.75, 3.05) is 19.5 Å². The third-order valence-corrected chi connectivity index (χ3v) is 4.52. The average molecular weight is 296 g/mol. The van der Waals surface area contributed by atoms with Crippen molar-refractivity contribution in [3.8, 4) is 5.75 Å². The van der Waals surface area contributed by atoms with E-state index < -0.39 is 0 Å². The van der Waals surface area contributed by atoms with Crippen molar-refractivity contribution in [1.82, 2.24) is 5.32 Å². The number of benzene rings is 1. The Bertz CT molecular complexity index is 450. The second-order valence-corrected chi connectivity index (χ2v) is 5.71. The number of hydrogen-bond acceptors (Lipinski definition) is 2. The molecule has 2 unspecified atom stereocenters. The molecule has 1 aliphatic rings. The summed E-state index contributed by atoms with van der Waals surface area (Å²) in [5.41, 5.74) is 0.924. The topological polar surface area (TPSA) is 38.3 Å². The fraction of sp³-hybridized carbons (Fsp3) is 0.562. The minimum Gasteiger partial charge on any atom is -0.496 e. The molecule has 1 amide bonds. The van der Waals surface area contributed by atoms with Crippen LogP contribution in [0, 0.1) is 11.8 Å². The molecule has 1 aromatic carbocycles. The summed E-state index contributed by atoms with van der Waals surface area (Å²) in [6, 6.07) is 7.63. The highest BCUT2D eigenvalue weighted by Gasteiger charge is 2.26. The van der Waals surface area contributed by atoms with E-state index in [1.54, 1.807) is 7.11 Å². The van der Waals surface area contributed by atoms with Crippen LogP contribution in [0.1, 0.15) is 24.8 Å². The third kappa shape index (κ3) is 3.89. The van der Waals surface area contributed by atoms with Gasteiger partial charge in [-0.3, -0.25) is 4.79 Å². The van der Waals surface area contributed by atoms with E-state index in [1.807, 2.05) is 24.3 Å². The van der Waals surface area contributed by atoms with Crippen molar-refractivity contribution in [3.05, 3.63) is 29.8 Å². The van der Waals surface area contributed by atoms with Crippen molar-refractivity contribution in [1.29, 1.82) is 0 Å². The summed E-state index contributed by atoms with van der Waals surface area (Å²) in [5.74, 6) is 2.61. The molecule has 1 saturated carbocycles. The highest BCUT2D eigenvalue weighted by Crippen LogP contribution is 2.31. The molecule has 1 fully saturated rings. The van der Waals surface area contributed by atoms with E-state index in [4.69, 9.17) is 16.3 Å². The number of ether oxygens (including phenoxy) is 1. The maximum atomic E-state index is 12.0. The Balaban J connectivity index is 1.83. The number of para-hydroxylation sites is 1. The van der Waals surface area contributed by atoms with Gasteiger partial charge in [0.1, 0.15) is 5.75 Å². The van der Waals surface area contributed by atoms with Gasteiger partial charge in [-0.05, 0) is 30.7 Å². The Morgan fingerprint density at radius 3 is 2.85 bits per heavy atom. The zero-order valence-electron chi connectivity index (χ0n) is 11.9. The van der Waals surface area contributed by atoms with Gasteiger partial charge in [-0.2, -0.15) is 0 Å². The molecule has 0 saturated heterocycles. The number of hydrogen-bond donors (Lipinski definition) is 1. The van der Waals surface area contributed by atoms with Crippen molar-refractivity contribution in [3.63, 3.8) is 0 Å². The van der Waals surface area contributed by atoms with Crippen LogP contribution in [-0.2, 0) is 11.2 Å². The van der Waals surface area contributed by atoms with Gasteiger partial charge in [0.05, 0.1) is 13.5 Å². The van der Waals surface area contributed by atoms with Crippen LogP contribution in [0.4, 0.5) is 0 Å². The molecule has 110 valence electrons. The first kappa shape index (κ1) is 15.2. The number of methoxy groups -OCH3 is 1. The first-order chi connectivity index (χ1) is 9.74. The van der Waals surface area contributed by atoms with Gasteiger partial charge in [-0.15, -0.1) is 11.6 Å². The Labute approximate surface area is 125 Å². The summed E-state index contributed by atoms with van der Waals surface area (Å²) in [6.45, 7) is 0.741. The normalized spacial score (nSPS) is 21.7. The molecule has 1 N–H and O–H groups in total. The smallest absolute Gasteiger partial charge is 0.224 e. The second kappa shape index (κ2) is 7.53. The lowest BCUT2D eigenvalue weighted by molar-refractivity contribution is -0.120. The number of halogens is 1. The fourth-order valence-electron chi connectivity index (χ4n) is 2.91. The van der Waals surface area contributed by atoms with Gasteiger partial charge in [0.2, 0.25) is 5.91 Å². The average Bonchev–Trinajstić information content (AvgIpc) is 2.93. The molecular formula is C16H22ClNO2. The molecule has 2 atom stereocenters. The Hall–Kier alpha value is -1.22. The minimum absolute atomic E-state index is 0.0507. The van der Waals surface area contributed by atoms with Gasteiger partial charge >= 0.3 is 0 Å². The summed E-state index contributed by atoms with van der Waals surface area (Å²) in [6.07, 6.45) is 3.95. The Morgan fingerprint density at radius 1 is 1.35 bits per heavy atom. The van der Waals surface area contributed by atoms with Crippen LogP contribution in [0.5, 0.6) is 5.75 Å². The van der Waals surface area contributed by atoms with E-state index in [0.29, 0.717) is 24.1 Å². The Kier molecular flexibility index (Phi) is 5.72. The minimum atomic E-state index is 0.0507. The molecule has 1 aromatic rings. The van der Waals surface area contributed by atoms with Crippen LogP contribution in [0.25, 0.3) is 0 Å². The van der Waals surface area contributed by atoms with Crippen molar-refractivity contribution in [2.24, 2.45) is 11.8 Å². The third-order valence-electron chi connectivity index (χ3n) is 4.12. The number of carbonyl (C=O) groups excluding carboxylic acids is 1. The highest BCUT2D eigenvalue weighted by molar-refractivity contribution is 6.18. The highest BCUT2D eigenvalue weighted by atomic mass is 35.5. The number of nitrogens with one attached hydrogen (secondary N) is 1. The van der Waals surface area contributed by atoms with Crippen LogP contribution in [0.3, 0.4) is 0 Å². The van der Waals surface area contributed by atoms with Gasteiger partial charge in [0.25, 0.3) is 0 Å². The summed E-state index contributed by atoms with van der Waals surface area (Å²) in [4.78, 5) is 12.0. The van der Waals surface area contributed by atoms with E-state index in [1.165, 1.54) is 19.3 Å². The maximum Gasteiger partial charge on any atom is 0.224 e. The van der Waals surface area contributed by atoms with Crippen LogP contribution in [-0.4, -0.2) is 25.4 Å². The molecule has 0 spiro atoms. The van der Waals surface area contributed by atoms with Gasteiger partial charge < -0.3 is 10.1 Å². The lowest BCUT2D eigenvalue weighted by Crippen LogP contribution is -2.32. The predicted octanol–water partition coefficient (Wildman–Crippen LogP) is 3.01. The summed E-state index contributed by atoms with van der Waals surface area (Å²) in [5, 5.41) is 3.04. The fourth-order valence-corrected chi connectivity index (χ4v) is 3.32. The molecule has 3 nitrogen and oxygen atoms in total. The van der Waals surface area contributed by atoms with Crippen LogP contribution in [0.2, 0.25) is 0 Å². The van der Waals surface area contributed by atoms with Crippen molar-refractivity contribution in [2.45, 2.75) is 25.7 Å². The van der Waals surface area contributed by atoms with Crippen LogP contribution in [0.15, 0.2) is 24.3 Å². The zero-order valence-corrected chi connectivity index (χ0v) is 12.7. The quantitative estimate of drug-likeness (QED) is 0.819. The molecule has 4 heteroatoms. The molecule has 0 radical (unpaired) electrons. The Morgan fingerprint density at radius 2 is 2.10 bits per heavy atom. The number of carbonyl (C=O) groups is 1. The SMILES string of the molecule is COc1ccccc1CC(=O)NCC1CCCC1CCl. The maximum absolute atomic E-state index is 12.0. The lowest BCUT2D eigenvalue weighted by atomic mass is 9.98. The second-order valence-electron chi connectivity index (χ2n) is 5.40. The molecule has 0 aliphatic heterocycles. The van der Waals surface area contributed by atoms with Gasteiger partial charge in [-0.25, -0.2) is 0 Å². The molecule has 2 rings (SSSR count). The summed E-state index contributed by atoms with van der Waals surface area (Å²) >= 11 is 5.96. The number of alkyl halides is 1. The van der Waals surface area contributed by atoms with Gasteiger partial charge in [0.15, 0.2) is 0 Å². The van der Waals surface area contributed by atoms with E-state index in [9.17, 15) is 4.79 Å². The van der Waals surface area contributed by atoms with Crippen molar-refractivity contribution < 1.29 is 9.53 Å². The summed E-state index contributed by atoms with van der Waals surface area (Å²) in [7, 11) is 1.63. The standard InChI is InChI=1S/C16H22ClNO2/c1-20-15-8-3-2-5-12(15)9-16(19)18-11-14-7-4-6-13(14)10-17/h2-3,5,8,13-14H,4,6-7,9-11H2,1H3,(H,18,19). The predicted molar refractivity (Wildman–Crippen MR) is 81.3 cm³/mol. The van der Waals surface area contributed by atoms with Crippen LogP contribution < -0.4 is 10.1 Å². The first-order valence-corrected chi connectivity index (χ1v) is 7.72. The largest absolute Gasteiger partial charge is 0.496 e. The molecule has 20 heavy (non-hydrogen) atoms. The number of amides is 1. The van der Waals surface area contributed by atoms with E-state index in [0.717, 1.165) is 17.9 Å². The lowest BCUT2D eigenvalue weighted by Gasteiger charge is -2.17. The summed E-state index contributed by atoms with van der Waals surface area (Å²) < 4.78 is 5.26. The van der Waals surface area contributed by atoms with Gasteiger partial charge in [-0.1, -0.05) is 24.6 Å². The molecule has 1 aliphatic carbocycles. The van der Waals surface area contributed by atoms with E-state index in [2.05, 4.69) is 5.32 Å². The first-order valence-electron chi connectivity index (χ1n) is 7.19. The van der Waals surface area contributed by atoms with Crippen molar-refractivity contribution >= 4 is 17.5 Å². The molecule has 0 heterocycles. The van der Waals surface area contributed by atoms with Crippen LogP contribution >= 0.6 is 11.6 Å². The molecule has 0 aromatic heterocycles. The molecular weight excluding hydrogens is 274 g/mol. The van der Waals surface area contributed by atoms with E-state index in [-0.39, 0.29) is 5.91 Å².